The minimum Gasteiger partial charge on any atom is -0.356 e. The molecule has 0 radical (unpaired) electrons. The summed E-state index contributed by atoms with van der Waals surface area (Å²) in [6, 6.07) is 0. The second-order valence-electron chi connectivity index (χ2n) is 3.80. The topological polar surface area (TPSA) is 58.2 Å². The van der Waals surface area contributed by atoms with Crippen molar-refractivity contribution in [2.45, 2.75) is 39.7 Å². The third-order valence-electron chi connectivity index (χ3n) is 1.64. The monoisotopic (exact) mass is 186 g/mol. The Balaban J connectivity index is 3.75. The van der Waals surface area contributed by atoms with Crippen molar-refractivity contribution in [3.8, 4) is 0 Å². The van der Waals surface area contributed by atoms with Crippen LogP contribution in [-0.4, -0.2) is 23.9 Å². The average molecular weight is 186 g/mol. The summed E-state index contributed by atoms with van der Waals surface area (Å²) in [6.07, 6.45) is 0.728. The fourth-order valence-electron chi connectivity index (χ4n) is 1.09. The largest absolute Gasteiger partial charge is 0.356 e. The highest BCUT2D eigenvalue weighted by Gasteiger charge is 2.17. The number of carbonyl (C=O) groups excluding carboxylic acids is 2. The maximum absolute atomic E-state index is 10.8. The Bertz CT molecular complexity index is 200. The van der Waals surface area contributed by atoms with E-state index in [1.807, 2.05) is 13.8 Å². The van der Waals surface area contributed by atoms with Crippen LogP contribution in [0.3, 0.4) is 0 Å². The Morgan fingerprint density at radius 3 is 2.08 bits per heavy atom. The molecule has 0 bridgehead atoms. The van der Waals surface area contributed by atoms with Gasteiger partial charge in [0.05, 0.1) is 0 Å². The molecule has 76 valence electrons. The van der Waals surface area contributed by atoms with Crippen LogP contribution < -0.4 is 10.6 Å². The Kier molecular flexibility index (Phi) is 4.45. The summed E-state index contributed by atoms with van der Waals surface area (Å²) in [5.74, 6) is -0.0912. The molecule has 4 heteroatoms. The molecule has 0 fully saturated rings. The zero-order chi connectivity index (χ0) is 10.5. The Labute approximate surface area is 79.1 Å². The van der Waals surface area contributed by atoms with E-state index in [1.165, 1.54) is 13.8 Å². The molecule has 0 aromatic carbocycles. The zero-order valence-corrected chi connectivity index (χ0v) is 8.73. The predicted molar refractivity (Wildman–Crippen MR) is 51.2 cm³/mol. The van der Waals surface area contributed by atoms with Gasteiger partial charge < -0.3 is 10.6 Å². The summed E-state index contributed by atoms with van der Waals surface area (Å²) in [5.41, 5.74) is -0.256. The molecule has 0 saturated carbocycles. The molecule has 0 unspecified atom stereocenters. The highest BCUT2D eigenvalue weighted by molar-refractivity contribution is 5.74. The van der Waals surface area contributed by atoms with Gasteiger partial charge in [-0.1, -0.05) is 0 Å². The molecule has 2 amide bonds. The highest BCUT2D eigenvalue weighted by atomic mass is 16.2. The molecule has 0 spiro atoms. The summed E-state index contributed by atoms with van der Waals surface area (Å²) in [7, 11) is 0. The second-order valence-corrected chi connectivity index (χ2v) is 3.80. The average Bonchev–Trinajstić information content (AvgIpc) is 1.81. The summed E-state index contributed by atoms with van der Waals surface area (Å²) in [6.45, 7) is 7.40. The number of amides is 2. The van der Waals surface area contributed by atoms with Crippen molar-refractivity contribution < 1.29 is 9.59 Å². The normalized spacial score (nSPS) is 10.8. The molecule has 0 rings (SSSR count). The van der Waals surface area contributed by atoms with Crippen molar-refractivity contribution in [3.05, 3.63) is 0 Å². The predicted octanol–water partition coefficient (Wildman–Crippen LogP) is 0.427. The number of rotatable bonds is 4. The molecule has 0 aliphatic carbocycles. The molecule has 13 heavy (non-hydrogen) atoms. The van der Waals surface area contributed by atoms with Gasteiger partial charge in [-0.15, -0.1) is 0 Å². The van der Waals surface area contributed by atoms with E-state index in [2.05, 4.69) is 10.6 Å². The first-order valence-corrected chi connectivity index (χ1v) is 4.37. The van der Waals surface area contributed by atoms with E-state index >= 15 is 0 Å². The number of nitrogens with one attached hydrogen (secondary N) is 2. The van der Waals surface area contributed by atoms with Crippen LogP contribution in [0.2, 0.25) is 0 Å². The maximum Gasteiger partial charge on any atom is 0.217 e. The van der Waals surface area contributed by atoms with Gasteiger partial charge in [-0.2, -0.15) is 0 Å². The van der Waals surface area contributed by atoms with Crippen LogP contribution in [0.1, 0.15) is 34.1 Å². The van der Waals surface area contributed by atoms with Crippen molar-refractivity contribution in [2.24, 2.45) is 0 Å². The smallest absolute Gasteiger partial charge is 0.217 e. The van der Waals surface area contributed by atoms with E-state index in [0.717, 1.165) is 6.42 Å². The molecule has 4 nitrogen and oxygen atoms in total. The highest BCUT2D eigenvalue weighted by Crippen LogP contribution is 2.06. The van der Waals surface area contributed by atoms with Gasteiger partial charge in [0.2, 0.25) is 11.8 Å². The van der Waals surface area contributed by atoms with Crippen LogP contribution in [0.25, 0.3) is 0 Å². The van der Waals surface area contributed by atoms with Gasteiger partial charge in [-0.05, 0) is 20.3 Å². The quantitative estimate of drug-likeness (QED) is 0.668. The second kappa shape index (κ2) is 4.84. The van der Waals surface area contributed by atoms with Gasteiger partial charge in [0.25, 0.3) is 0 Å². The summed E-state index contributed by atoms with van der Waals surface area (Å²) in [5, 5.41) is 5.49. The third kappa shape index (κ3) is 7.31. The molecule has 0 aliphatic heterocycles. The van der Waals surface area contributed by atoms with Crippen molar-refractivity contribution in [3.63, 3.8) is 0 Å². The Morgan fingerprint density at radius 1 is 1.15 bits per heavy atom. The fourth-order valence-corrected chi connectivity index (χ4v) is 1.09. The van der Waals surface area contributed by atoms with Crippen LogP contribution in [0, 0.1) is 0 Å². The lowest BCUT2D eigenvalue weighted by Crippen LogP contribution is -2.44. The number of hydrogen-bond donors (Lipinski definition) is 2. The molecular formula is C9H18N2O2. The van der Waals surface area contributed by atoms with Gasteiger partial charge in [0.15, 0.2) is 0 Å². The van der Waals surface area contributed by atoms with Crippen LogP contribution in [0.4, 0.5) is 0 Å². The Hall–Kier alpha value is -1.06. The van der Waals surface area contributed by atoms with Crippen LogP contribution in [-0.2, 0) is 9.59 Å². The summed E-state index contributed by atoms with van der Waals surface area (Å²) < 4.78 is 0. The lowest BCUT2D eigenvalue weighted by molar-refractivity contribution is -0.120. The van der Waals surface area contributed by atoms with Crippen molar-refractivity contribution in [1.29, 1.82) is 0 Å². The molecule has 0 aliphatic rings. The minimum absolute atomic E-state index is 0.0429. The molecular weight excluding hydrogens is 168 g/mol. The molecule has 0 aromatic rings. The van der Waals surface area contributed by atoms with Crippen LogP contribution in [0.15, 0.2) is 0 Å². The van der Waals surface area contributed by atoms with Crippen molar-refractivity contribution >= 4 is 11.8 Å². The van der Waals surface area contributed by atoms with E-state index < -0.39 is 0 Å². The van der Waals surface area contributed by atoms with E-state index in [1.54, 1.807) is 0 Å². The van der Waals surface area contributed by atoms with Crippen LogP contribution >= 0.6 is 0 Å². The molecule has 0 aromatic heterocycles. The summed E-state index contributed by atoms with van der Waals surface area (Å²) >= 11 is 0. The maximum atomic E-state index is 10.8. The molecule has 2 N–H and O–H groups in total. The van der Waals surface area contributed by atoms with Gasteiger partial charge in [0.1, 0.15) is 0 Å². The molecule has 0 heterocycles. The van der Waals surface area contributed by atoms with Crippen molar-refractivity contribution in [2.75, 3.05) is 6.54 Å². The zero-order valence-electron chi connectivity index (χ0n) is 8.73. The van der Waals surface area contributed by atoms with E-state index in [4.69, 9.17) is 0 Å². The van der Waals surface area contributed by atoms with E-state index in [9.17, 15) is 9.59 Å². The first-order valence-electron chi connectivity index (χ1n) is 4.37. The Morgan fingerprint density at radius 2 is 1.69 bits per heavy atom. The number of hydrogen-bond acceptors (Lipinski definition) is 2. The SMILES string of the molecule is CC(=O)NCCC(C)(C)NC(C)=O. The lowest BCUT2D eigenvalue weighted by atomic mass is 10.0. The van der Waals surface area contributed by atoms with Crippen LogP contribution in [0.5, 0.6) is 0 Å². The molecule has 0 saturated heterocycles. The third-order valence-corrected chi connectivity index (χ3v) is 1.64. The number of carbonyl (C=O) groups is 2. The van der Waals surface area contributed by atoms with E-state index in [-0.39, 0.29) is 17.4 Å². The first-order chi connectivity index (χ1) is 5.83. The lowest BCUT2D eigenvalue weighted by Gasteiger charge is -2.25. The van der Waals surface area contributed by atoms with Gasteiger partial charge in [0, 0.05) is 25.9 Å². The van der Waals surface area contributed by atoms with Gasteiger partial charge in [-0.3, -0.25) is 9.59 Å². The summed E-state index contributed by atoms with van der Waals surface area (Å²) in [4.78, 5) is 21.3. The van der Waals surface area contributed by atoms with E-state index in [0.29, 0.717) is 6.54 Å². The van der Waals surface area contributed by atoms with Gasteiger partial charge >= 0.3 is 0 Å². The standard InChI is InChI=1S/C9H18N2O2/c1-7(12)10-6-5-9(3,4)11-8(2)13/h5-6H2,1-4H3,(H,10,12)(H,11,13). The van der Waals surface area contributed by atoms with Gasteiger partial charge in [-0.25, -0.2) is 0 Å². The van der Waals surface area contributed by atoms with Crippen molar-refractivity contribution in [1.82, 2.24) is 10.6 Å². The minimum atomic E-state index is -0.256. The fraction of sp³-hybridized carbons (Fsp3) is 0.778. The molecule has 0 atom stereocenters. The first kappa shape index (κ1) is 11.9.